The molecule has 1 aromatic rings. The minimum atomic E-state index is -0.0180. The summed E-state index contributed by atoms with van der Waals surface area (Å²) in [6.45, 7) is 3.87. The maximum absolute atomic E-state index is 8.73. The summed E-state index contributed by atoms with van der Waals surface area (Å²) in [5, 5.41) is 8.73. The molecule has 1 rings (SSSR count). The van der Waals surface area contributed by atoms with Gasteiger partial charge in [0.05, 0.1) is 6.54 Å². The van der Waals surface area contributed by atoms with Crippen molar-refractivity contribution in [2.45, 2.75) is 20.1 Å². The van der Waals surface area contributed by atoms with E-state index in [9.17, 15) is 0 Å². The highest BCUT2D eigenvalue weighted by Gasteiger charge is 2.02. The second kappa shape index (κ2) is 4.28. The fourth-order valence-corrected chi connectivity index (χ4v) is 0.970. The Hall–Kier alpha value is -0.800. The van der Waals surface area contributed by atoms with Gasteiger partial charge in [-0.3, -0.25) is 4.90 Å². The summed E-state index contributed by atoms with van der Waals surface area (Å²) in [6.07, 6.45) is 0. The summed E-state index contributed by atoms with van der Waals surface area (Å²) in [4.78, 5) is 2.14. The number of rotatable bonds is 4. The number of aliphatic hydroxyl groups is 1. The molecule has 0 amide bonds. The normalized spacial score (nSPS) is 11.0. The van der Waals surface area contributed by atoms with Crippen LogP contribution in [0.3, 0.4) is 0 Å². The molecule has 0 bridgehead atoms. The molecular formula is C9H15NO2. The average molecular weight is 169 g/mol. The predicted molar refractivity (Wildman–Crippen MR) is 46.6 cm³/mol. The molecule has 3 heteroatoms. The van der Waals surface area contributed by atoms with Gasteiger partial charge in [-0.05, 0) is 25.7 Å². The van der Waals surface area contributed by atoms with Crippen LogP contribution in [0.1, 0.15) is 18.4 Å². The standard InChI is InChI=1S/C9H15NO2/c1-3-10(2)6-8-4-5-9(7-11)12-8/h4-5,11H,3,6-7H2,1-2H3. The Bertz CT molecular complexity index is 232. The van der Waals surface area contributed by atoms with E-state index in [1.807, 2.05) is 13.1 Å². The highest BCUT2D eigenvalue weighted by Crippen LogP contribution is 2.09. The van der Waals surface area contributed by atoms with E-state index in [2.05, 4.69) is 11.8 Å². The van der Waals surface area contributed by atoms with Crippen LogP contribution >= 0.6 is 0 Å². The molecule has 0 saturated carbocycles. The lowest BCUT2D eigenvalue weighted by Crippen LogP contribution is -2.16. The van der Waals surface area contributed by atoms with Crippen LogP contribution in [0.5, 0.6) is 0 Å². The number of nitrogens with zero attached hydrogens (tertiary/aromatic N) is 1. The van der Waals surface area contributed by atoms with Gasteiger partial charge in [0.2, 0.25) is 0 Å². The summed E-state index contributed by atoms with van der Waals surface area (Å²) in [7, 11) is 2.03. The van der Waals surface area contributed by atoms with Gasteiger partial charge < -0.3 is 9.52 Å². The van der Waals surface area contributed by atoms with Crippen LogP contribution < -0.4 is 0 Å². The molecule has 0 saturated heterocycles. The number of aliphatic hydroxyl groups excluding tert-OH is 1. The van der Waals surface area contributed by atoms with Crippen molar-refractivity contribution in [2.75, 3.05) is 13.6 Å². The third-order valence-corrected chi connectivity index (χ3v) is 1.84. The Balaban J connectivity index is 2.52. The fourth-order valence-electron chi connectivity index (χ4n) is 0.970. The van der Waals surface area contributed by atoms with E-state index in [0.29, 0.717) is 5.76 Å². The maximum atomic E-state index is 8.73. The molecule has 3 nitrogen and oxygen atoms in total. The van der Waals surface area contributed by atoms with Crippen molar-refractivity contribution in [2.24, 2.45) is 0 Å². The molecule has 0 fully saturated rings. The lowest BCUT2D eigenvalue weighted by molar-refractivity contribution is 0.234. The zero-order valence-electron chi connectivity index (χ0n) is 7.58. The van der Waals surface area contributed by atoms with Crippen LogP contribution in [0.2, 0.25) is 0 Å². The van der Waals surface area contributed by atoms with E-state index < -0.39 is 0 Å². The molecule has 1 heterocycles. The Morgan fingerprint density at radius 2 is 2.08 bits per heavy atom. The van der Waals surface area contributed by atoms with Gasteiger partial charge in [0, 0.05) is 0 Å². The van der Waals surface area contributed by atoms with Crippen LogP contribution in [-0.2, 0) is 13.2 Å². The smallest absolute Gasteiger partial charge is 0.129 e. The predicted octanol–water partition coefficient (Wildman–Crippen LogP) is 1.22. The van der Waals surface area contributed by atoms with Gasteiger partial charge in [0.25, 0.3) is 0 Å². The van der Waals surface area contributed by atoms with E-state index in [-0.39, 0.29) is 6.61 Å². The quantitative estimate of drug-likeness (QED) is 0.736. The molecule has 0 aliphatic carbocycles. The first-order valence-corrected chi connectivity index (χ1v) is 4.13. The first-order valence-electron chi connectivity index (χ1n) is 4.13. The molecule has 0 aliphatic rings. The summed E-state index contributed by atoms with van der Waals surface area (Å²) >= 11 is 0. The highest BCUT2D eigenvalue weighted by atomic mass is 16.4. The summed E-state index contributed by atoms with van der Waals surface area (Å²) in [6, 6.07) is 3.70. The Labute approximate surface area is 72.6 Å². The van der Waals surface area contributed by atoms with Crippen molar-refractivity contribution < 1.29 is 9.52 Å². The monoisotopic (exact) mass is 169 g/mol. The summed E-state index contributed by atoms with van der Waals surface area (Å²) in [5.41, 5.74) is 0. The summed E-state index contributed by atoms with van der Waals surface area (Å²) in [5.74, 6) is 1.54. The van der Waals surface area contributed by atoms with Crippen molar-refractivity contribution in [1.29, 1.82) is 0 Å². The SMILES string of the molecule is CCN(C)Cc1ccc(CO)o1. The molecule has 68 valence electrons. The molecule has 0 unspecified atom stereocenters. The van der Waals surface area contributed by atoms with Crippen molar-refractivity contribution in [3.05, 3.63) is 23.7 Å². The number of furan rings is 1. The van der Waals surface area contributed by atoms with Gasteiger partial charge in [0.15, 0.2) is 0 Å². The minimum absolute atomic E-state index is 0.0180. The van der Waals surface area contributed by atoms with Crippen LogP contribution in [0.25, 0.3) is 0 Å². The van der Waals surface area contributed by atoms with Crippen LogP contribution in [0, 0.1) is 0 Å². The Morgan fingerprint density at radius 1 is 1.42 bits per heavy atom. The minimum Gasteiger partial charge on any atom is -0.462 e. The van der Waals surface area contributed by atoms with Crippen LogP contribution in [0.15, 0.2) is 16.5 Å². The summed E-state index contributed by atoms with van der Waals surface area (Å²) < 4.78 is 5.31. The molecular weight excluding hydrogens is 154 g/mol. The van der Waals surface area contributed by atoms with E-state index in [0.717, 1.165) is 18.8 Å². The number of hydrogen-bond acceptors (Lipinski definition) is 3. The van der Waals surface area contributed by atoms with Crippen molar-refractivity contribution in [3.63, 3.8) is 0 Å². The molecule has 0 aliphatic heterocycles. The van der Waals surface area contributed by atoms with E-state index in [4.69, 9.17) is 9.52 Å². The van der Waals surface area contributed by atoms with Gasteiger partial charge in [0.1, 0.15) is 18.1 Å². The van der Waals surface area contributed by atoms with Crippen molar-refractivity contribution >= 4 is 0 Å². The highest BCUT2D eigenvalue weighted by molar-refractivity contribution is 5.05. The molecule has 1 N–H and O–H groups in total. The third-order valence-electron chi connectivity index (χ3n) is 1.84. The molecule has 0 radical (unpaired) electrons. The average Bonchev–Trinajstić information content (AvgIpc) is 2.52. The number of hydrogen-bond donors (Lipinski definition) is 1. The van der Waals surface area contributed by atoms with Crippen molar-refractivity contribution in [1.82, 2.24) is 4.90 Å². The molecule has 0 atom stereocenters. The van der Waals surface area contributed by atoms with Crippen LogP contribution in [0.4, 0.5) is 0 Å². The van der Waals surface area contributed by atoms with E-state index >= 15 is 0 Å². The molecule has 0 aromatic carbocycles. The molecule has 12 heavy (non-hydrogen) atoms. The Kier molecular flexibility index (Phi) is 3.31. The van der Waals surface area contributed by atoms with Gasteiger partial charge >= 0.3 is 0 Å². The van der Waals surface area contributed by atoms with Crippen LogP contribution in [-0.4, -0.2) is 23.6 Å². The van der Waals surface area contributed by atoms with Gasteiger partial charge in [-0.25, -0.2) is 0 Å². The lowest BCUT2D eigenvalue weighted by Gasteiger charge is -2.10. The third kappa shape index (κ3) is 2.36. The Morgan fingerprint density at radius 3 is 2.58 bits per heavy atom. The van der Waals surface area contributed by atoms with E-state index in [1.54, 1.807) is 6.07 Å². The van der Waals surface area contributed by atoms with Gasteiger partial charge in [-0.15, -0.1) is 0 Å². The maximum Gasteiger partial charge on any atom is 0.129 e. The fraction of sp³-hybridized carbons (Fsp3) is 0.556. The van der Waals surface area contributed by atoms with Crippen molar-refractivity contribution in [3.8, 4) is 0 Å². The second-order valence-corrected chi connectivity index (χ2v) is 2.86. The van der Waals surface area contributed by atoms with Gasteiger partial charge in [-0.2, -0.15) is 0 Å². The molecule has 1 aromatic heterocycles. The largest absolute Gasteiger partial charge is 0.462 e. The topological polar surface area (TPSA) is 36.6 Å². The second-order valence-electron chi connectivity index (χ2n) is 2.86. The zero-order valence-corrected chi connectivity index (χ0v) is 7.58. The first kappa shape index (κ1) is 9.29. The lowest BCUT2D eigenvalue weighted by atomic mass is 10.4. The first-order chi connectivity index (χ1) is 5.76. The molecule has 0 spiro atoms. The zero-order chi connectivity index (χ0) is 8.97. The van der Waals surface area contributed by atoms with Gasteiger partial charge in [-0.1, -0.05) is 6.92 Å². The van der Waals surface area contributed by atoms with E-state index in [1.165, 1.54) is 0 Å².